The van der Waals surface area contributed by atoms with Crippen molar-refractivity contribution in [3.8, 4) is 11.4 Å². The van der Waals surface area contributed by atoms with Crippen molar-refractivity contribution in [1.29, 1.82) is 0 Å². The van der Waals surface area contributed by atoms with Crippen LogP contribution >= 0.6 is 0 Å². The van der Waals surface area contributed by atoms with Crippen LogP contribution in [0.25, 0.3) is 10.5 Å². The van der Waals surface area contributed by atoms with Gasteiger partial charge in [0.1, 0.15) is 5.75 Å². The summed E-state index contributed by atoms with van der Waals surface area (Å²) >= 11 is 0. The van der Waals surface area contributed by atoms with Crippen LogP contribution in [-0.4, -0.2) is 29.0 Å². The first-order valence-electron chi connectivity index (χ1n) is 8.56. The van der Waals surface area contributed by atoms with E-state index in [0.717, 1.165) is 12.8 Å². The van der Waals surface area contributed by atoms with Crippen LogP contribution in [0.3, 0.4) is 0 Å². The second-order valence-corrected chi connectivity index (χ2v) is 5.57. The van der Waals surface area contributed by atoms with Crippen molar-refractivity contribution in [3.05, 3.63) is 47.6 Å². The van der Waals surface area contributed by atoms with E-state index in [-0.39, 0.29) is 0 Å². The van der Waals surface area contributed by atoms with Crippen LogP contribution in [0, 0.1) is 6.57 Å². The summed E-state index contributed by atoms with van der Waals surface area (Å²) in [6.07, 6.45) is 7.53. The molecule has 25 heavy (non-hydrogen) atoms. The number of hydrogen-bond donors (Lipinski definition) is 0. The summed E-state index contributed by atoms with van der Waals surface area (Å²) in [5, 5.41) is 4.16. The van der Waals surface area contributed by atoms with Crippen molar-refractivity contribution in [2.24, 2.45) is 0 Å². The minimum absolute atomic E-state index is 0.316. The van der Waals surface area contributed by atoms with Gasteiger partial charge in [0.15, 0.2) is 0 Å². The van der Waals surface area contributed by atoms with E-state index in [2.05, 4.69) is 16.9 Å². The smallest absolute Gasteiger partial charge is 0.341 e. The van der Waals surface area contributed by atoms with Gasteiger partial charge >= 0.3 is 5.97 Å². The number of aromatic nitrogens is 2. The average molecular weight is 341 g/mol. The van der Waals surface area contributed by atoms with Crippen molar-refractivity contribution < 1.29 is 14.3 Å². The quantitative estimate of drug-likeness (QED) is 0.381. The summed E-state index contributed by atoms with van der Waals surface area (Å²) < 4.78 is 12.2. The molecule has 0 radical (unpaired) electrons. The number of esters is 1. The number of rotatable bonds is 9. The topological polar surface area (TPSA) is 57.7 Å². The Morgan fingerprint density at radius 1 is 1.28 bits per heavy atom. The zero-order valence-corrected chi connectivity index (χ0v) is 14.7. The van der Waals surface area contributed by atoms with Gasteiger partial charge in [0, 0.05) is 6.20 Å². The summed E-state index contributed by atoms with van der Waals surface area (Å²) in [5.74, 6) is 0.166. The Bertz CT molecular complexity index is 747. The van der Waals surface area contributed by atoms with Crippen molar-refractivity contribution >= 4 is 11.7 Å². The third-order valence-corrected chi connectivity index (χ3v) is 3.68. The highest BCUT2D eigenvalue weighted by Crippen LogP contribution is 2.30. The molecular formula is C19H23N3O3. The van der Waals surface area contributed by atoms with E-state index in [1.807, 2.05) is 6.07 Å². The fourth-order valence-electron chi connectivity index (χ4n) is 2.35. The zero-order chi connectivity index (χ0) is 18.1. The van der Waals surface area contributed by atoms with Gasteiger partial charge in [-0.3, -0.25) is 0 Å². The third-order valence-electron chi connectivity index (χ3n) is 3.68. The minimum atomic E-state index is -0.411. The summed E-state index contributed by atoms with van der Waals surface area (Å²) in [4.78, 5) is 15.3. The number of carbonyl (C=O) groups excluding carboxylic acids is 1. The van der Waals surface area contributed by atoms with Gasteiger partial charge < -0.3 is 9.47 Å². The normalized spacial score (nSPS) is 10.3. The van der Waals surface area contributed by atoms with Crippen LogP contribution in [0.2, 0.25) is 0 Å². The molecule has 0 unspecified atom stereocenters. The number of ether oxygens (including phenoxy) is 2. The number of carbonyl (C=O) groups is 1. The van der Waals surface area contributed by atoms with Gasteiger partial charge in [-0.25, -0.2) is 14.3 Å². The molecule has 0 aliphatic heterocycles. The molecule has 0 aliphatic carbocycles. The Morgan fingerprint density at radius 2 is 2.12 bits per heavy atom. The Labute approximate surface area is 148 Å². The SMILES string of the molecule is [C-]#[N+]c1cc(-n2cc(C(=O)OCC)cn2)ccc1OCCCCCC. The number of unbranched alkanes of at least 4 members (excludes halogenated alkanes) is 3. The summed E-state index contributed by atoms with van der Waals surface area (Å²) in [7, 11) is 0. The van der Waals surface area contributed by atoms with E-state index >= 15 is 0 Å². The van der Waals surface area contributed by atoms with E-state index in [1.165, 1.54) is 19.0 Å². The second kappa shape index (κ2) is 9.48. The summed E-state index contributed by atoms with van der Waals surface area (Å²) in [6, 6.07) is 5.29. The number of nitrogens with zero attached hydrogens (tertiary/aromatic N) is 3. The maximum absolute atomic E-state index is 11.7. The second-order valence-electron chi connectivity index (χ2n) is 5.57. The van der Waals surface area contributed by atoms with Crippen LogP contribution < -0.4 is 4.74 Å². The first-order chi connectivity index (χ1) is 12.2. The van der Waals surface area contributed by atoms with Crippen LogP contribution in [0.1, 0.15) is 49.9 Å². The number of hydrogen-bond acceptors (Lipinski definition) is 4. The first-order valence-corrected chi connectivity index (χ1v) is 8.56. The molecule has 2 rings (SSSR count). The van der Waals surface area contributed by atoms with Crippen LogP contribution in [-0.2, 0) is 4.74 Å². The molecule has 0 aliphatic rings. The Hall–Kier alpha value is -2.81. The fourth-order valence-corrected chi connectivity index (χ4v) is 2.35. The molecule has 132 valence electrons. The molecule has 6 heteroatoms. The zero-order valence-electron chi connectivity index (χ0n) is 14.7. The highest BCUT2D eigenvalue weighted by Gasteiger charge is 2.12. The predicted octanol–water partition coefficient (Wildman–Crippen LogP) is 4.56. The molecule has 0 saturated heterocycles. The highest BCUT2D eigenvalue weighted by molar-refractivity contribution is 5.88. The highest BCUT2D eigenvalue weighted by atomic mass is 16.5. The van der Waals surface area contributed by atoms with Crippen LogP contribution in [0.15, 0.2) is 30.6 Å². The lowest BCUT2D eigenvalue weighted by Crippen LogP contribution is -2.03. The Morgan fingerprint density at radius 3 is 2.84 bits per heavy atom. The predicted molar refractivity (Wildman–Crippen MR) is 95.4 cm³/mol. The molecule has 1 aromatic carbocycles. The molecule has 0 bridgehead atoms. The average Bonchev–Trinajstić information content (AvgIpc) is 3.12. The van der Waals surface area contributed by atoms with Gasteiger partial charge in [-0.05, 0) is 31.5 Å². The molecule has 0 saturated carbocycles. The van der Waals surface area contributed by atoms with Gasteiger partial charge in [-0.15, -0.1) is 0 Å². The van der Waals surface area contributed by atoms with Gasteiger partial charge in [0.05, 0.1) is 37.2 Å². The maximum Gasteiger partial charge on any atom is 0.341 e. The third kappa shape index (κ3) is 5.08. The standard InChI is InChI=1S/C19H23N3O3/c1-4-6-7-8-11-25-18-10-9-16(12-17(18)20-3)22-14-15(13-21-22)19(23)24-5-2/h9-10,12-14H,4-8,11H2,1-2H3. The summed E-state index contributed by atoms with van der Waals surface area (Å²) in [5.41, 5.74) is 1.50. The van der Waals surface area contributed by atoms with Gasteiger partial charge in [-0.1, -0.05) is 26.2 Å². The van der Waals surface area contributed by atoms with Gasteiger partial charge in [0.25, 0.3) is 0 Å². The summed E-state index contributed by atoms with van der Waals surface area (Å²) in [6.45, 7) is 12.2. The molecule has 1 heterocycles. The minimum Gasteiger partial charge on any atom is -0.505 e. The first kappa shape index (κ1) is 18.5. The van der Waals surface area contributed by atoms with E-state index in [1.54, 1.807) is 29.9 Å². The van der Waals surface area contributed by atoms with E-state index in [9.17, 15) is 4.79 Å². The molecule has 0 amide bonds. The lowest BCUT2D eigenvalue weighted by molar-refractivity contribution is 0.0526. The van der Waals surface area contributed by atoms with E-state index in [4.69, 9.17) is 16.0 Å². The van der Waals surface area contributed by atoms with Gasteiger partial charge in [-0.2, -0.15) is 5.10 Å². The molecular weight excluding hydrogens is 318 g/mol. The molecule has 0 spiro atoms. The molecule has 2 aromatic rings. The van der Waals surface area contributed by atoms with Crippen molar-refractivity contribution in [3.63, 3.8) is 0 Å². The molecule has 0 fully saturated rings. The van der Waals surface area contributed by atoms with Crippen LogP contribution in [0.4, 0.5) is 5.69 Å². The van der Waals surface area contributed by atoms with Crippen molar-refractivity contribution in [2.45, 2.75) is 39.5 Å². The van der Waals surface area contributed by atoms with E-state index in [0.29, 0.717) is 35.9 Å². The van der Waals surface area contributed by atoms with Crippen molar-refractivity contribution in [1.82, 2.24) is 9.78 Å². The Balaban J connectivity index is 2.08. The van der Waals surface area contributed by atoms with Gasteiger partial charge in [0.2, 0.25) is 5.69 Å². The van der Waals surface area contributed by atoms with Crippen LogP contribution in [0.5, 0.6) is 5.75 Å². The molecule has 6 nitrogen and oxygen atoms in total. The molecule has 1 aromatic heterocycles. The fraction of sp³-hybridized carbons (Fsp3) is 0.421. The number of benzene rings is 1. The van der Waals surface area contributed by atoms with E-state index < -0.39 is 5.97 Å². The molecule has 0 N–H and O–H groups in total. The largest absolute Gasteiger partial charge is 0.505 e. The monoisotopic (exact) mass is 341 g/mol. The lowest BCUT2D eigenvalue weighted by Gasteiger charge is -2.09. The molecule has 0 atom stereocenters. The maximum atomic E-state index is 11.7. The Kier molecular flexibility index (Phi) is 7.02. The lowest BCUT2D eigenvalue weighted by atomic mass is 10.2. The van der Waals surface area contributed by atoms with Crippen molar-refractivity contribution in [2.75, 3.05) is 13.2 Å².